The number of rotatable bonds is 5. The Morgan fingerprint density at radius 2 is 2.19 bits per heavy atom. The Morgan fingerprint density at radius 3 is 2.90 bits per heavy atom. The number of ether oxygens (including phenoxy) is 1. The highest BCUT2D eigenvalue weighted by molar-refractivity contribution is 5.97. The van der Waals surface area contributed by atoms with Crippen molar-refractivity contribution in [1.29, 1.82) is 0 Å². The van der Waals surface area contributed by atoms with Gasteiger partial charge in [0.25, 0.3) is 5.91 Å². The van der Waals surface area contributed by atoms with E-state index in [2.05, 4.69) is 0 Å². The van der Waals surface area contributed by atoms with Crippen LogP contribution in [0.5, 0.6) is 5.75 Å². The van der Waals surface area contributed by atoms with Gasteiger partial charge in [-0.15, -0.1) is 0 Å². The molecule has 1 saturated heterocycles. The van der Waals surface area contributed by atoms with Crippen LogP contribution in [0.25, 0.3) is 0 Å². The molecule has 1 aliphatic heterocycles. The van der Waals surface area contributed by atoms with Gasteiger partial charge in [0.05, 0.1) is 18.3 Å². The highest BCUT2D eigenvalue weighted by Crippen LogP contribution is 2.26. The standard InChI is InChI=1S/C17H25NO3/c1-3-21-16-10-5-4-9-15(16)17(20)18-11-7-6-8-14(18)12-13(2)19/h4-5,9-10,13-14,19H,3,6-8,11-12H2,1-2H3. The quantitative estimate of drug-likeness (QED) is 0.907. The first-order valence-corrected chi connectivity index (χ1v) is 7.84. The van der Waals surface area contributed by atoms with Crippen LogP contribution >= 0.6 is 0 Å². The van der Waals surface area contributed by atoms with E-state index in [0.717, 1.165) is 25.8 Å². The summed E-state index contributed by atoms with van der Waals surface area (Å²) in [5.41, 5.74) is 0.622. The van der Waals surface area contributed by atoms with Crippen LogP contribution in [-0.4, -0.2) is 41.2 Å². The second kappa shape index (κ2) is 7.46. The zero-order valence-electron chi connectivity index (χ0n) is 12.9. The highest BCUT2D eigenvalue weighted by atomic mass is 16.5. The fraction of sp³-hybridized carbons (Fsp3) is 0.588. The summed E-state index contributed by atoms with van der Waals surface area (Å²) in [6.45, 7) is 5.00. The minimum absolute atomic E-state index is 0.0180. The molecule has 1 amide bonds. The van der Waals surface area contributed by atoms with Gasteiger partial charge in [-0.25, -0.2) is 0 Å². The first kappa shape index (κ1) is 15.8. The molecule has 1 aromatic rings. The van der Waals surface area contributed by atoms with Crippen molar-refractivity contribution in [1.82, 2.24) is 4.90 Å². The van der Waals surface area contributed by atoms with Gasteiger partial charge in [0.1, 0.15) is 5.75 Å². The SMILES string of the molecule is CCOc1ccccc1C(=O)N1CCCCC1CC(C)O. The molecule has 0 spiro atoms. The van der Waals surface area contributed by atoms with Gasteiger partial charge in [0.15, 0.2) is 0 Å². The molecule has 4 nitrogen and oxygen atoms in total. The summed E-state index contributed by atoms with van der Waals surface area (Å²) in [6, 6.07) is 7.53. The Balaban J connectivity index is 2.20. The van der Waals surface area contributed by atoms with E-state index in [1.54, 1.807) is 6.92 Å². The van der Waals surface area contributed by atoms with Gasteiger partial charge in [-0.1, -0.05) is 12.1 Å². The molecule has 1 fully saturated rings. The maximum atomic E-state index is 12.9. The van der Waals surface area contributed by atoms with Crippen molar-refractivity contribution in [2.75, 3.05) is 13.2 Å². The fourth-order valence-corrected chi connectivity index (χ4v) is 2.99. The molecule has 0 aliphatic carbocycles. The summed E-state index contributed by atoms with van der Waals surface area (Å²) in [6.07, 6.45) is 3.37. The Hall–Kier alpha value is -1.55. The number of aliphatic hydroxyl groups excluding tert-OH is 1. The van der Waals surface area contributed by atoms with Crippen molar-refractivity contribution < 1.29 is 14.6 Å². The van der Waals surface area contributed by atoms with Crippen LogP contribution in [0.2, 0.25) is 0 Å². The molecule has 2 rings (SSSR count). The van der Waals surface area contributed by atoms with Crippen molar-refractivity contribution in [3.05, 3.63) is 29.8 Å². The van der Waals surface area contributed by atoms with Gasteiger partial charge in [-0.3, -0.25) is 4.79 Å². The molecule has 1 aliphatic rings. The minimum atomic E-state index is -0.384. The summed E-state index contributed by atoms with van der Waals surface area (Å²) < 4.78 is 5.57. The third-order valence-corrected chi connectivity index (χ3v) is 3.92. The maximum absolute atomic E-state index is 12.9. The van der Waals surface area contributed by atoms with Crippen molar-refractivity contribution in [2.24, 2.45) is 0 Å². The van der Waals surface area contributed by atoms with Crippen molar-refractivity contribution in [2.45, 2.75) is 51.7 Å². The molecule has 0 bridgehead atoms. The summed E-state index contributed by atoms with van der Waals surface area (Å²) in [5, 5.41) is 9.65. The molecule has 0 radical (unpaired) electrons. The van der Waals surface area contributed by atoms with E-state index >= 15 is 0 Å². The van der Waals surface area contributed by atoms with Crippen molar-refractivity contribution in [3.8, 4) is 5.75 Å². The second-order valence-electron chi connectivity index (χ2n) is 5.66. The first-order valence-electron chi connectivity index (χ1n) is 7.84. The number of piperidine rings is 1. The van der Waals surface area contributed by atoms with Crippen LogP contribution in [0.1, 0.15) is 49.9 Å². The topological polar surface area (TPSA) is 49.8 Å². The number of hydrogen-bond acceptors (Lipinski definition) is 3. The van der Waals surface area contributed by atoms with Crippen LogP contribution < -0.4 is 4.74 Å². The predicted octanol–water partition coefficient (Wildman–Crippen LogP) is 2.85. The van der Waals surface area contributed by atoms with E-state index in [-0.39, 0.29) is 18.1 Å². The van der Waals surface area contributed by atoms with Crippen LogP contribution in [-0.2, 0) is 0 Å². The lowest BCUT2D eigenvalue weighted by Crippen LogP contribution is -2.45. The number of hydrogen-bond donors (Lipinski definition) is 1. The summed E-state index contributed by atoms with van der Waals surface area (Å²) in [4.78, 5) is 14.8. The first-order chi connectivity index (χ1) is 10.1. The predicted molar refractivity (Wildman–Crippen MR) is 82.6 cm³/mol. The molecular formula is C17H25NO3. The van der Waals surface area contributed by atoms with Gasteiger partial charge in [-0.05, 0) is 51.7 Å². The highest BCUT2D eigenvalue weighted by Gasteiger charge is 2.29. The number of nitrogens with zero attached hydrogens (tertiary/aromatic N) is 1. The van der Waals surface area contributed by atoms with Gasteiger partial charge in [-0.2, -0.15) is 0 Å². The normalized spacial score (nSPS) is 20.1. The second-order valence-corrected chi connectivity index (χ2v) is 5.66. The molecule has 4 heteroatoms. The lowest BCUT2D eigenvalue weighted by molar-refractivity contribution is 0.0511. The number of aliphatic hydroxyl groups is 1. The number of amides is 1. The molecule has 1 heterocycles. The average Bonchev–Trinajstić information content (AvgIpc) is 2.47. The van der Waals surface area contributed by atoms with E-state index in [4.69, 9.17) is 4.74 Å². The number of likely N-dealkylation sites (tertiary alicyclic amines) is 1. The summed E-state index contributed by atoms with van der Waals surface area (Å²) in [7, 11) is 0. The van der Waals surface area contributed by atoms with Crippen molar-refractivity contribution in [3.63, 3.8) is 0 Å². The number of benzene rings is 1. The van der Waals surface area contributed by atoms with Crippen LogP contribution in [0.3, 0.4) is 0 Å². The Labute approximate surface area is 126 Å². The molecule has 116 valence electrons. The van der Waals surface area contributed by atoms with Crippen LogP contribution in [0, 0.1) is 0 Å². The van der Waals surface area contributed by atoms with E-state index in [0.29, 0.717) is 24.3 Å². The van der Waals surface area contributed by atoms with E-state index < -0.39 is 0 Å². The van der Waals surface area contributed by atoms with Crippen LogP contribution in [0.4, 0.5) is 0 Å². The van der Waals surface area contributed by atoms with E-state index in [9.17, 15) is 9.90 Å². The Kier molecular flexibility index (Phi) is 5.62. The molecule has 1 aromatic carbocycles. The summed E-state index contributed by atoms with van der Waals surface area (Å²) >= 11 is 0. The minimum Gasteiger partial charge on any atom is -0.493 e. The van der Waals surface area contributed by atoms with Gasteiger partial charge < -0.3 is 14.7 Å². The molecule has 2 unspecified atom stereocenters. The lowest BCUT2D eigenvalue weighted by Gasteiger charge is -2.36. The number of para-hydroxylation sites is 1. The summed E-state index contributed by atoms with van der Waals surface area (Å²) in [5.74, 6) is 0.663. The zero-order valence-corrected chi connectivity index (χ0v) is 12.9. The van der Waals surface area contributed by atoms with Gasteiger partial charge >= 0.3 is 0 Å². The molecule has 0 saturated carbocycles. The molecule has 1 N–H and O–H groups in total. The van der Waals surface area contributed by atoms with E-state index in [1.807, 2.05) is 36.1 Å². The zero-order chi connectivity index (χ0) is 15.2. The average molecular weight is 291 g/mol. The van der Waals surface area contributed by atoms with E-state index in [1.165, 1.54) is 0 Å². The van der Waals surface area contributed by atoms with Gasteiger partial charge in [0, 0.05) is 12.6 Å². The molecule has 21 heavy (non-hydrogen) atoms. The number of carbonyl (C=O) groups excluding carboxylic acids is 1. The largest absolute Gasteiger partial charge is 0.493 e. The smallest absolute Gasteiger partial charge is 0.257 e. The van der Waals surface area contributed by atoms with Gasteiger partial charge in [0.2, 0.25) is 0 Å². The van der Waals surface area contributed by atoms with Crippen LogP contribution in [0.15, 0.2) is 24.3 Å². The number of carbonyl (C=O) groups is 1. The monoisotopic (exact) mass is 291 g/mol. The van der Waals surface area contributed by atoms with Crippen molar-refractivity contribution >= 4 is 5.91 Å². The third kappa shape index (κ3) is 3.97. The molecule has 2 atom stereocenters. The lowest BCUT2D eigenvalue weighted by atomic mass is 9.96. The molecule has 0 aromatic heterocycles. The Bertz CT molecular complexity index is 473. The maximum Gasteiger partial charge on any atom is 0.257 e. The Morgan fingerprint density at radius 1 is 1.43 bits per heavy atom. The fourth-order valence-electron chi connectivity index (χ4n) is 2.99. The third-order valence-electron chi connectivity index (χ3n) is 3.92. The molecular weight excluding hydrogens is 266 g/mol.